The number of hydrogen-bond acceptors (Lipinski definition) is 3. The number of benzene rings is 2. The first-order chi connectivity index (χ1) is 9.79. The molecule has 0 heterocycles. The van der Waals surface area contributed by atoms with E-state index in [2.05, 4.69) is 0 Å². The Morgan fingerprint density at radius 1 is 1.14 bits per heavy atom. The maximum atomic E-state index is 13.1. The van der Waals surface area contributed by atoms with Crippen molar-refractivity contribution < 1.29 is 17.5 Å². The Morgan fingerprint density at radius 3 is 2.52 bits per heavy atom. The van der Waals surface area contributed by atoms with E-state index in [4.69, 9.17) is 38.6 Å². The zero-order valence-electron chi connectivity index (χ0n) is 10.3. The standard InChI is InChI=1S/C13H8Cl3FO3S/c14-10-3-1-2-8(13(10)15)7-20-11-5-4-9(17)6-12(11)21(16,18)19/h1-6H,7H2. The largest absolute Gasteiger partial charge is 0.487 e. The molecule has 0 fully saturated rings. The summed E-state index contributed by atoms with van der Waals surface area (Å²) in [5, 5.41) is 0.652. The molecule has 2 aromatic rings. The number of hydrogen-bond donors (Lipinski definition) is 0. The van der Waals surface area contributed by atoms with Gasteiger partial charge in [-0.2, -0.15) is 0 Å². The van der Waals surface area contributed by atoms with Crippen molar-refractivity contribution in [3.63, 3.8) is 0 Å². The van der Waals surface area contributed by atoms with Crippen LogP contribution in [0.4, 0.5) is 4.39 Å². The molecular weight excluding hydrogens is 362 g/mol. The SMILES string of the molecule is O=S(=O)(Cl)c1cc(F)ccc1OCc1cccc(Cl)c1Cl. The van der Waals surface area contributed by atoms with Gasteiger partial charge in [0, 0.05) is 16.2 Å². The zero-order chi connectivity index (χ0) is 15.6. The average Bonchev–Trinajstić information content (AvgIpc) is 2.40. The van der Waals surface area contributed by atoms with Crippen LogP contribution in [0.25, 0.3) is 0 Å². The summed E-state index contributed by atoms with van der Waals surface area (Å²) >= 11 is 11.9. The van der Waals surface area contributed by atoms with Gasteiger partial charge in [0.25, 0.3) is 9.05 Å². The minimum Gasteiger partial charge on any atom is -0.487 e. The normalized spacial score (nSPS) is 11.4. The lowest BCUT2D eigenvalue weighted by Crippen LogP contribution is -2.02. The molecule has 0 amide bonds. The number of ether oxygens (including phenoxy) is 1. The highest BCUT2D eigenvalue weighted by atomic mass is 35.7. The average molecular weight is 370 g/mol. The van der Waals surface area contributed by atoms with E-state index >= 15 is 0 Å². The summed E-state index contributed by atoms with van der Waals surface area (Å²) in [6.45, 7) is -0.0373. The minimum absolute atomic E-state index is 0.0373. The van der Waals surface area contributed by atoms with Crippen LogP contribution in [0.1, 0.15) is 5.56 Å². The second kappa shape index (κ2) is 6.40. The van der Waals surface area contributed by atoms with Gasteiger partial charge in [-0.1, -0.05) is 35.3 Å². The van der Waals surface area contributed by atoms with Gasteiger partial charge in [0.15, 0.2) is 0 Å². The van der Waals surface area contributed by atoms with Crippen LogP contribution >= 0.6 is 33.9 Å². The summed E-state index contributed by atoms with van der Waals surface area (Å²) in [6, 6.07) is 8.00. The van der Waals surface area contributed by atoms with Gasteiger partial charge in [0.1, 0.15) is 23.1 Å². The summed E-state index contributed by atoms with van der Waals surface area (Å²) < 4.78 is 41.3. The molecule has 0 radical (unpaired) electrons. The van der Waals surface area contributed by atoms with E-state index in [1.54, 1.807) is 18.2 Å². The molecule has 2 rings (SSSR count). The van der Waals surface area contributed by atoms with Gasteiger partial charge in [-0.05, 0) is 24.3 Å². The van der Waals surface area contributed by atoms with Crippen molar-refractivity contribution in [1.29, 1.82) is 0 Å². The van der Waals surface area contributed by atoms with Crippen molar-refractivity contribution in [2.24, 2.45) is 0 Å². The fourth-order valence-corrected chi connectivity index (χ4v) is 2.96. The number of halogens is 4. The topological polar surface area (TPSA) is 43.4 Å². The van der Waals surface area contributed by atoms with Crippen LogP contribution in [0.3, 0.4) is 0 Å². The summed E-state index contributed by atoms with van der Waals surface area (Å²) in [4.78, 5) is -0.442. The smallest absolute Gasteiger partial charge is 0.265 e. The van der Waals surface area contributed by atoms with Gasteiger partial charge >= 0.3 is 0 Å². The summed E-state index contributed by atoms with van der Waals surface area (Å²) in [6.07, 6.45) is 0. The maximum Gasteiger partial charge on any atom is 0.265 e. The molecule has 0 aliphatic carbocycles. The van der Waals surface area contributed by atoms with E-state index in [0.717, 1.165) is 12.1 Å². The molecule has 0 saturated carbocycles. The first-order valence-corrected chi connectivity index (χ1v) is 8.65. The maximum absolute atomic E-state index is 13.1. The highest BCUT2D eigenvalue weighted by molar-refractivity contribution is 8.13. The van der Waals surface area contributed by atoms with Crippen LogP contribution < -0.4 is 4.74 Å². The second-order valence-electron chi connectivity index (χ2n) is 4.03. The third kappa shape index (κ3) is 4.01. The second-order valence-corrected chi connectivity index (χ2v) is 7.35. The predicted molar refractivity (Wildman–Crippen MR) is 80.2 cm³/mol. The molecule has 0 aromatic heterocycles. The van der Waals surface area contributed by atoms with Gasteiger partial charge in [0.2, 0.25) is 0 Å². The quantitative estimate of drug-likeness (QED) is 0.737. The molecule has 112 valence electrons. The molecule has 0 spiro atoms. The summed E-state index contributed by atoms with van der Waals surface area (Å²) in [5.41, 5.74) is 0.561. The Hall–Kier alpha value is -1.01. The number of rotatable bonds is 4. The van der Waals surface area contributed by atoms with E-state index < -0.39 is 19.8 Å². The van der Waals surface area contributed by atoms with Crippen molar-refractivity contribution >= 4 is 42.9 Å². The van der Waals surface area contributed by atoms with E-state index in [9.17, 15) is 12.8 Å². The molecule has 0 atom stereocenters. The van der Waals surface area contributed by atoms with Crippen LogP contribution in [0, 0.1) is 5.82 Å². The Morgan fingerprint density at radius 2 is 1.86 bits per heavy atom. The molecule has 21 heavy (non-hydrogen) atoms. The van der Waals surface area contributed by atoms with E-state index in [0.29, 0.717) is 15.6 Å². The Labute approximate surface area is 135 Å². The van der Waals surface area contributed by atoms with E-state index in [-0.39, 0.29) is 12.4 Å². The first kappa shape index (κ1) is 16.4. The molecule has 0 aliphatic rings. The fourth-order valence-electron chi connectivity index (χ4n) is 1.61. The van der Waals surface area contributed by atoms with Crippen LogP contribution in [-0.2, 0) is 15.7 Å². The predicted octanol–water partition coefficient (Wildman–Crippen LogP) is 4.64. The van der Waals surface area contributed by atoms with Crippen LogP contribution in [-0.4, -0.2) is 8.42 Å². The van der Waals surface area contributed by atoms with Gasteiger partial charge in [-0.25, -0.2) is 12.8 Å². The third-order valence-electron chi connectivity index (χ3n) is 2.58. The van der Waals surface area contributed by atoms with Gasteiger partial charge in [0.05, 0.1) is 10.0 Å². The minimum atomic E-state index is -4.13. The highest BCUT2D eigenvalue weighted by Crippen LogP contribution is 2.30. The Kier molecular flexibility index (Phi) is 4.99. The van der Waals surface area contributed by atoms with E-state index in [1.165, 1.54) is 6.07 Å². The Bertz CT molecular complexity index is 778. The summed E-state index contributed by atoms with van der Waals surface area (Å²) in [7, 11) is 1.12. The zero-order valence-corrected chi connectivity index (χ0v) is 13.4. The molecule has 3 nitrogen and oxygen atoms in total. The highest BCUT2D eigenvalue weighted by Gasteiger charge is 2.18. The molecule has 8 heteroatoms. The lowest BCUT2D eigenvalue weighted by molar-refractivity contribution is 0.297. The van der Waals surface area contributed by atoms with Gasteiger partial charge in [-0.15, -0.1) is 0 Å². The lowest BCUT2D eigenvalue weighted by atomic mass is 10.2. The molecule has 2 aromatic carbocycles. The third-order valence-corrected chi connectivity index (χ3v) is 4.78. The molecule has 0 N–H and O–H groups in total. The molecule has 0 unspecified atom stereocenters. The molecule has 0 aliphatic heterocycles. The first-order valence-electron chi connectivity index (χ1n) is 5.59. The van der Waals surface area contributed by atoms with Crippen molar-refractivity contribution in [2.45, 2.75) is 11.5 Å². The molecular formula is C13H8Cl3FO3S. The summed E-state index contributed by atoms with van der Waals surface area (Å²) in [5.74, 6) is -0.801. The van der Waals surface area contributed by atoms with Gasteiger partial charge < -0.3 is 4.74 Å². The van der Waals surface area contributed by atoms with Crippen LogP contribution in [0.5, 0.6) is 5.75 Å². The van der Waals surface area contributed by atoms with Crippen molar-refractivity contribution in [3.8, 4) is 5.75 Å². The van der Waals surface area contributed by atoms with Crippen LogP contribution in [0.15, 0.2) is 41.3 Å². The van der Waals surface area contributed by atoms with Crippen LogP contribution in [0.2, 0.25) is 10.0 Å². The van der Waals surface area contributed by atoms with Crippen molar-refractivity contribution in [2.75, 3.05) is 0 Å². The fraction of sp³-hybridized carbons (Fsp3) is 0.0769. The monoisotopic (exact) mass is 368 g/mol. The molecule has 0 bridgehead atoms. The molecule has 0 saturated heterocycles. The van der Waals surface area contributed by atoms with Crippen molar-refractivity contribution in [3.05, 3.63) is 57.8 Å². The Balaban J connectivity index is 2.31. The van der Waals surface area contributed by atoms with E-state index in [1.807, 2.05) is 0 Å². The van der Waals surface area contributed by atoms with Crippen molar-refractivity contribution in [1.82, 2.24) is 0 Å². The lowest BCUT2D eigenvalue weighted by Gasteiger charge is -2.11. The van der Waals surface area contributed by atoms with Gasteiger partial charge in [-0.3, -0.25) is 0 Å².